The Kier molecular flexibility index (Phi) is 3.77. The molecule has 86 valence electrons. The molecule has 2 nitrogen and oxygen atoms in total. The van der Waals surface area contributed by atoms with E-state index in [1.165, 1.54) is 12.1 Å². The third-order valence-corrected chi connectivity index (χ3v) is 3.81. The number of benzene rings is 1. The van der Waals surface area contributed by atoms with E-state index in [2.05, 4.69) is 21.2 Å². The SMILES string of the molecule is N#Cc1cc(F)cc(NCc2cc(Br)cs2)c1. The molecule has 1 aromatic carbocycles. The number of halogens is 2. The number of thiophene rings is 1. The van der Waals surface area contributed by atoms with E-state index in [-0.39, 0.29) is 0 Å². The van der Waals surface area contributed by atoms with Crippen molar-refractivity contribution in [3.8, 4) is 6.07 Å². The summed E-state index contributed by atoms with van der Waals surface area (Å²) in [5.74, 6) is -0.404. The van der Waals surface area contributed by atoms with Gasteiger partial charge in [0.1, 0.15) is 5.82 Å². The maximum absolute atomic E-state index is 13.1. The van der Waals surface area contributed by atoms with Gasteiger partial charge in [-0.25, -0.2) is 4.39 Å². The maximum atomic E-state index is 13.1. The molecular formula is C12H8BrFN2S. The lowest BCUT2D eigenvalue weighted by molar-refractivity contribution is 0.627. The van der Waals surface area contributed by atoms with Crippen LogP contribution in [0, 0.1) is 17.1 Å². The first kappa shape index (κ1) is 12.1. The summed E-state index contributed by atoms with van der Waals surface area (Å²) < 4.78 is 14.2. The van der Waals surface area contributed by atoms with Crippen molar-refractivity contribution in [2.45, 2.75) is 6.54 Å². The van der Waals surface area contributed by atoms with Crippen molar-refractivity contribution in [2.75, 3.05) is 5.32 Å². The lowest BCUT2D eigenvalue weighted by Gasteiger charge is -2.05. The van der Waals surface area contributed by atoms with Gasteiger partial charge in [-0.05, 0) is 40.2 Å². The van der Waals surface area contributed by atoms with Gasteiger partial charge in [0.2, 0.25) is 0 Å². The fourth-order valence-electron chi connectivity index (χ4n) is 1.39. The predicted molar refractivity (Wildman–Crippen MR) is 70.5 cm³/mol. The summed E-state index contributed by atoms with van der Waals surface area (Å²) in [6.07, 6.45) is 0. The summed E-state index contributed by atoms with van der Waals surface area (Å²) in [5, 5.41) is 13.8. The van der Waals surface area contributed by atoms with Gasteiger partial charge < -0.3 is 5.32 Å². The summed E-state index contributed by atoms with van der Waals surface area (Å²) >= 11 is 4.99. The maximum Gasteiger partial charge on any atom is 0.126 e. The number of hydrogen-bond donors (Lipinski definition) is 1. The van der Waals surface area contributed by atoms with Gasteiger partial charge in [-0.1, -0.05) is 0 Å². The second-order valence-corrected chi connectivity index (χ2v) is 5.34. The molecule has 2 rings (SSSR count). The molecule has 0 aliphatic carbocycles. The lowest BCUT2D eigenvalue weighted by atomic mass is 10.2. The molecule has 0 fully saturated rings. The molecule has 1 heterocycles. The summed E-state index contributed by atoms with van der Waals surface area (Å²) in [6, 6.07) is 8.15. The first-order chi connectivity index (χ1) is 8.17. The standard InChI is InChI=1S/C12H8BrFN2S/c13-9-3-12(17-7-9)6-16-11-2-8(5-15)1-10(14)4-11/h1-4,7,16H,6H2. The molecule has 0 spiro atoms. The molecule has 0 aliphatic heterocycles. The van der Waals surface area contributed by atoms with E-state index >= 15 is 0 Å². The average molecular weight is 311 g/mol. The molecule has 2 aromatic rings. The van der Waals surface area contributed by atoms with Crippen LogP contribution in [0.15, 0.2) is 34.1 Å². The molecule has 0 saturated carbocycles. The van der Waals surface area contributed by atoms with Crippen LogP contribution in [0.5, 0.6) is 0 Å². The number of nitrogens with one attached hydrogen (secondary N) is 1. The average Bonchev–Trinajstić information content (AvgIpc) is 2.72. The van der Waals surface area contributed by atoms with Gasteiger partial charge in [0.25, 0.3) is 0 Å². The first-order valence-corrected chi connectivity index (χ1v) is 6.52. The lowest BCUT2D eigenvalue weighted by Crippen LogP contribution is -1.98. The monoisotopic (exact) mass is 310 g/mol. The van der Waals surface area contributed by atoms with Crippen LogP contribution < -0.4 is 5.32 Å². The van der Waals surface area contributed by atoms with Gasteiger partial charge in [-0.3, -0.25) is 0 Å². The summed E-state index contributed by atoms with van der Waals surface area (Å²) in [6.45, 7) is 0.616. The molecule has 1 N–H and O–H groups in total. The normalized spacial score (nSPS) is 9.94. The third-order valence-electron chi connectivity index (χ3n) is 2.12. The Bertz CT molecular complexity index is 574. The van der Waals surface area contributed by atoms with E-state index in [1.54, 1.807) is 17.4 Å². The fourth-order valence-corrected chi connectivity index (χ4v) is 2.78. The zero-order valence-corrected chi connectivity index (χ0v) is 11.1. The topological polar surface area (TPSA) is 35.8 Å². The van der Waals surface area contributed by atoms with Gasteiger partial charge in [-0.2, -0.15) is 5.26 Å². The van der Waals surface area contributed by atoms with Gasteiger partial charge in [0.15, 0.2) is 0 Å². The van der Waals surface area contributed by atoms with Gasteiger partial charge in [-0.15, -0.1) is 11.3 Å². The molecule has 1 aromatic heterocycles. The highest BCUT2D eigenvalue weighted by Crippen LogP contribution is 2.21. The van der Waals surface area contributed by atoms with E-state index < -0.39 is 5.82 Å². The Balaban J connectivity index is 2.09. The molecule has 0 aliphatic rings. The molecule has 0 bridgehead atoms. The van der Waals surface area contributed by atoms with Crippen molar-refractivity contribution >= 4 is 33.0 Å². The third kappa shape index (κ3) is 3.29. The van der Waals surface area contributed by atoms with E-state index in [0.717, 1.165) is 9.35 Å². The van der Waals surface area contributed by atoms with Crippen LogP contribution in [0.1, 0.15) is 10.4 Å². The molecule has 0 atom stereocenters. The molecule has 0 radical (unpaired) electrons. The van der Waals surface area contributed by atoms with Crippen LogP contribution in [-0.4, -0.2) is 0 Å². The highest BCUT2D eigenvalue weighted by molar-refractivity contribution is 9.10. The molecule has 5 heteroatoms. The fraction of sp³-hybridized carbons (Fsp3) is 0.0833. The Labute approximate surface area is 111 Å². The summed E-state index contributed by atoms with van der Waals surface area (Å²) in [4.78, 5) is 1.14. The molecular weight excluding hydrogens is 303 g/mol. The summed E-state index contributed by atoms with van der Waals surface area (Å²) in [7, 11) is 0. The van der Waals surface area contributed by atoms with Gasteiger partial charge in [0, 0.05) is 27.0 Å². The van der Waals surface area contributed by atoms with E-state index in [0.29, 0.717) is 17.8 Å². The van der Waals surface area contributed by atoms with Gasteiger partial charge in [0.05, 0.1) is 11.6 Å². The molecule has 0 unspecified atom stereocenters. The highest BCUT2D eigenvalue weighted by Gasteiger charge is 2.01. The minimum atomic E-state index is -0.404. The largest absolute Gasteiger partial charge is 0.380 e. The van der Waals surface area contributed by atoms with Gasteiger partial charge >= 0.3 is 0 Å². The second-order valence-electron chi connectivity index (χ2n) is 3.43. The zero-order chi connectivity index (χ0) is 12.3. The van der Waals surface area contributed by atoms with Crippen LogP contribution in [-0.2, 0) is 6.54 Å². The van der Waals surface area contributed by atoms with Crippen LogP contribution in [0.4, 0.5) is 10.1 Å². The number of hydrogen-bond acceptors (Lipinski definition) is 3. The predicted octanol–water partition coefficient (Wildman–Crippen LogP) is 4.13. The van der Waals surface area contributed by atoms with Crippen molar-refractivity contribution in [1.29, 1.82) is 5.26 Å². The first-order valence-electron chi connectivity index (χ1n) is 4.85. The Hall–Kier alpha value is -1.38. The Morgan fingerprint density at radius 1 is 1.35 bits per heavy atom. The smallest absolute Gasteiger partial charge is 0.126 e. The molecule has 0 amide bonds. The van der Waals surface area contributed by atoms with Crippen LogP contribution in [0.25, 0.3) is 0 Å². The Morgan fingerprint density at radius 2 is 2.18 bits per heavy atom. The van der Waals surface area contributed by atoms with Crippen LogP contribution in [0.3, 0.4) is 0 Å². The van der Waals surface area contributed by atoms with Crippen molar-refractivity contribution < 1.29 is 4.39 Å². The van der Waals surface area contributed by atoms with Crippen molar-refractivity contribution in [2.24, 2.45) is 0 Å². The molecule has 17 heavy (non-hydrogen) atoms. The number of nitriles is 1. The van der Waals surface area contributed by atoms with Crippen molar-refractivity contribution in [1.82, 2.24) is 0 Å². The Morgan fingerprint density at radius 3 is 2.82 bits per heavy atom. The second kappa shape index (κ2) is 5.30. The molecule has 0 saturated heterocycles. The van der Waals surface area contributed by atoms with E-state index in [9.17, 15) is 4.39 Å². The van der Waals surface area contributed by atoms with E-state index in [1.807, 2.05) is 17.5 Å². The van der Waals surface area contributed by atoms with Crippen molar-refractivity contribution in [3.05, 3.63) is 50.4 Å². The minimum Gasteiger partial charge on any atom is -0.380 e. The number of anilines is 1. The quantitative estimate of drug-likeness (QED) is 0.925. The number of rotatable bonds is 3. The summed E-state index contributed by atoms with van der Waals surface area (Å²) in [5.41, 5.74) is 0.936. The van der Waals surface area contributed by atoms with Crippen LogP contribution >= 0.6 is 27.3 Å². The van der Waals surface area contributed by atoms with Crippen molar-refractivity contribution in [3.63, 3.8) is 0 Å². The number of nitrogens with zero attached hydrogens (tertiary/aromatic N) is 1. The minimum absolute atomic E-state index is 0.319. The van der Waals surface area contributed by atoms with Crippen LogP contribution in [0.2, 0.25) is 0 Å². The zero-order valence-electron chi connectivity index (χ0n) is 8.71. The van der Waals surface area contributed by atoms with E-state index in [4.69, 9.17) is 5.26 Å². The highest BCUT2D eigenvalue weighted by atomic mass is 79.9.